The zero-order valence-corrected chi connectivity index (χ0v) is 12.7. The molecule has 6 nitrogen and oxygen atoms in total. The maximum absolute atomic E-state index is 12.1. The van der Waals surface area contributed by atoms with Gasteiger partial charge >= 0.3 is 6.03 Å². The van der Waals surface area contributed by atoms with Crippen LogP contribution in [0.2, 0.25) is 0 Å². The smallest absolute Gasteiger partial charge is 0.317 e. The summed E-state index contributed by atoms with van der Waals surface area (Å²) in [6.07, 6.45) is 2.51. The molecule has 0 spiro atoms. The summed E-state index contributed by atoms with van der Waals surface area (Å²) in [5.74, 6) is 0.815. The molecule has 0 aromatic carbocycles. The van der Waals surface area contributed by atoms with E-state index in [9.17, 15) is 4.79 Å². The van der Waals surface area contributed by atoms with Gasteiger partial charge in [0, 0.05) is 19.7 Å². The summed E-state index contributed by atoms with van der Waals surface area (Å²) >= 11 is 0. The number of nitrogens with zero attached hydrogens (tertiary/aromatic N) is 1. The van der Waals surface area contributed by atoms with E-state index in [4.69, 9.17) is 13.9 Å². The van der Waals surface area contributed by atoms with E-state index in [0.717, 1.165) is 12.2 Å². The third-order valence-corrected chi connectivity index (χ3v) is 3.43. The second kappa shape index (κ2) is 8.05. The number of carbonyl (C=O) groups excluding carboxylic acids is 1. The van der Waals surface area contributed by atoms with Crippen molar-refractivity contribution < 1.29 is 18.7 Å². The third kappa shape index (κ3) is 5.06. The van der Waals surface area contributed by atoms with E-state index in [1.165, 1.54) is 0 Å². The quantitative estimate of drug-likeness (QED) is 0.816. The summed E-state index contributed by atoms with van der Waals surface area (Å²) in [5, 5.41) is 2.93. The predicted octanol–water partition coefficient (Wildman–Crippen LogP) is 2.01. The van der Waals surface area contributed by atoms with Crippen molar-refractivity contribution in [3.63, 3.8) is 0 Å². The molecule has 6 heteroatoms. The summed E-state index contributed by atoms with van der Waals surface area (Å²) in [6.45, 7) is 6.89. The first-order chi connectivity index (χ1) is 10.2. The van der Waals surface area contributed by atoms with Gasteiger partial charge in [-0.15, -0.1) is 0 Å². The monoisotopic (exact) mass is 296 g/mol. The normalized spacial score (nSPS) is 22.3. The van der Waals surface area contributed by atoms with Crippen LogP contribution < -0.4 is 5.32 Å². The number of hydrogen-bond donors (Lipinski definition) is 1. The highest BCUT2D eigenvalue weighted by atomic mass is 16.5. The molecule has 0 aliphatic carbocycles. The molecule has 1 N–H and O–H groups in total. The Labute approximate surface area is 125 Å². The van der Waals surface area contributed by atoms with Gasteiger partial charge in [-0.3, -0.25) is 0 Å². The molecule has 2 amide bonds. The fourth-order valence-corrected chi connectivity index (χ4v) is 2.22. The number of nitrogens with one attached hydrogen (secondary N) is 1. The van der Waals surface area contributed by atoms with Gasteiger partial charge in [0.25, 0.3) is 0 Å². The van der Waals surface area contributed by atoms with E-state index < -0.39 is 0 Å². The Hall–Kier alpha value is -1.53. The Morgan fingerprint density at radius 3 is 3.14 bits per heavy atom. The lowest BCUT2D eigenvalue weighted by atomic mass is 10.2. The Bertz CT molecular complexity index is 421. The number of ether oxygens (including phenoxy) is 2. The molecule has 0 bridgehead atoms. The fraction of sp³-hybridized carbons (Fsp3) is 0.667. The second-order valence-electron chi connectivity index (χ2n) is 5.36. The molecule has 1 fully saturated rings. The maximum Gasteiger partial charge on any atom is 0.317 e. The van der Waals surface area contributed by atoms with Crippen LogP contribution in [-0.2, 0) is 16.1 Å². The summed E-state index contributed by atoms with van der Waals surface area (Å²) in [7, 11) is 0. The van der Waals surface area contributed by atoms with Crippen LogP contribution in [0.25, 0.3) is 0 Å². The van der Waals surface area contributed by atoms with Gasteiger partial charge in [0.15, 0.2) is 0 Å². The van der Waals surface area contributed by atoms with Gasteiger partial charge in [0.05, 0.1) is 25.0 Å². The van der Waals surface area contributed by atoms with E-state index >= 15 is 0 Å². The number of urea groups is 1. The molecule has 118 valence electrons. The molecule has 1 aliphatic rings. The Balaban J connectivity index is 1.56. The van der Waals surface area contributed by atoms with Crippen molar-refractivity contribution in [1.29, 1.82) is 0 Å². The Morgan fingerprint density at radius 2 is 2.38 bits per heavy atom. The van der Waals surface area contributed by atoms with Crippen molar-refractivity contribution in [3.05, 3.63) is 24.2 Å². The molecule has 1 aliphatic heterocycles. The number of rotatable bonds is 6. The van der Waals surface area contributed by atoms with Gasteiger partial charge in [0.1, 0.15) is 12.4 Å². The van der Waals surface area contributed by atoms with E-state index in [1.54, 1.807) is 6.26 Å². The van der Waals surface area contributed by atoms with Crippen molar-refractivity contribution >= 4 is 6.03 Å². The molecule has 2 heterocycles. The Kier molecular flexibility index (Phi) is 6.07. The molecule has 21 heavy (non-hydrogen) atoms. The van der Waals surface area contributed by atoms with Crippen LogP contribution in [0.1, 0.15) is 26.0 Å². The van der Waals surface area contributed by atoms with Crippen molar-refractivity contribution in [2.75, 3.05) is 26.3 Å². The summed E-state index contributed by atoms with van der Waals surface area (Å²) in [6, 6.07) is 3.81. The molecular weight excluding hydrogens is 272 g/mol. The summed E-state index contributed by atoms with van der Waals surface area (Å²) in [4.78, 5) is 13.9. The minimum Gasteiger partial charge on any atom is -0.467 e. The van der Waals surface area contributed by atoms with Crippen LogP contribution in [-0.4, -0.2) is 49.4 Å². The van der Waals surface area contributed by atoms with Gasteiger partial charge in [-0.2, -0.15) is 0 Å². The fourth-order valence-electron chi connectivity index (χ4n) is 2.22. The molecule has 1 aromatic rings. The average molecular weight is 296 g/mol. The predicted molar refractivity (Wildman–Crippen MR) is 78.0 cm³/mol. The lowest BCUT2D eigenvalue weighted by Crippen LogP contribution is -2.53. The molecular formula is C15H24N2O4. The van der Waals surface area contributed by atoms with Gasteiger partial charge < -0.3 is 24.1 Å². The zero-order chi connectivity index (χ0) is 15.1. The van der Waals surface area contributed by atoms with Crippen LogP contribution in [0, 0.1) is 0 Å². The molecule has 0 radical (unpaired) electrons. The Morgan fingerprint density at radius 1 is 1.52 bits per heavy atom. The summed E-state index contributed by atoms with van der Waals surface area (Å²) in [5.41, 5.74) is 0. The molecule has 2 rings (SSSR count). The van der Waals surface area contributed by atoms with Crippen LogP contribution in [0.15, 0.2) is 22.8 Å². The highest BCUT2D eigenvalue weighted by Gasteiger charge is 2.26. The van der Waals surface area contributed by atoms with Gasteiger partial charge in [-0.05, 0) is 32.4 Å². The second-order valence-corrected chi connectivity index (χ2v) is 5.36. The topological polar surface area (TPSA) is 63.9 Å². The highest BCUT2D eigenvalue weighted by Crippen LogP contribution is 2.11. The molecule has 2 atom stereocenters. The minimum absolute atomic E-state index is 0.0244. The van der Waals surface area contributed by atoms with Crippen LogP contribution in [0.3, 0.4) is 0 Å². The lowest BCUT2D eigenvalue weighted by Gasteiger charge is -2.36. The van der Waals surface area contributed by atoms with Crippen molar-refractivity contribution in [3.8, 4) is 0 Å². The minimum atomic E-state index is -0.0244. The van der Waals surface area contributed by atoms with Crippen LogP contribution in [0.5, 0.6) is 0 Å². The van der Waals surface area contributed by atoms with Gasteiger partial charge in [-0.25, -0.2) is 4.79 Å². The SMILES string of the molecule is C[C@@H]1CN(C(=O)NCCCOCc2ccco2)[C@@H](C)CO1. The third-order valence-electron chi connectivity index (χ3n) is 3.43. The summed E-state index contributed by atoms with van der Waals surface area (Å²) < 4.78 is 16.1. The number of hydrogen-bond acceptors (Lipinski definition) is 4. The molecule has 1 saturated heterocycles. The van der Waals surface area contributed by atoms with Crippen molar-refractivity contribution in [1.82, 2.24) is 10.2 Å². The number of morpholine rings is 1. The van der Waals surface area contributed by atoms with E-state index in [1.807, 2.05) is 30.9 Å². The standard InChI is InChI=1S/C15H24N2O4/c1-12-10-21-13(2)9-17(12)15(18)16-6-4-7-19-11-14-5-3-8-20-14/h3,5,8,12-13H,4,6-7,9-11H2,1-2H3,(H,16,18)/t12-,13+/m0/s1. The molecule has 1 aromatic heterocycles. The number of furan rings is 1. The van der Waals surface area contributed by atoms with E-state index in [2.05, 4.69) is 5.32 Å². The molecule has 0 saturated carbocycles. The number of amides is 2. The lowest BCUT2D eigenvalue weighted by molar-refractivity contribution is -0.0318. The van der Waals surface area contributed by atoms with Crippen molar-refractivity contribution in [2.45, 2.75) is 39.0 Å². The zero-order valence-electron chi connectivity index (χ0n) is 12.7. The van der Waals surface area contributed by atoms with E-state index in [0.29, 0.717) is 32.9 Å². The van der Waals surface area contributed by atoms with Gasteiger partial charge in [0.2, 0.25) is 0 Å². The average Bonchev–Trinajstić information content (AvgIpc) is 2.98. The first-order valence-corrected chi connectivity index (χ1v) is 7.43. The number of carbonyl (C=O) groups is 1. The first-order valence-electron chi connectivity index (χ1n) is 7.43. The van der Waals surface area contributed by atoms with Gasteiger partial charge in [-0.1, -0.05) is 0 Å². The van der Waals surface area contributed by atoms with Crippen LogP contribution in [0.4, 0.5) is 4.79 Å². The van der Waals surface area contributed by atoms with Crippen molar-refractivity contribution in [2.24, 2.45) is 0 Å². The van der Waals surface area contributed by atoms with E-state index in [-0.39, 0.29) is 18.2 Å². The first kappa shape index (κ1) is 15.9. The molecule has 0 unspecified atom stereocenters. The van der Waals surface area contributed by atoms with Crippen LogP contribution >= 0.6 is 0 Å². The maximum atomic E-state index is 12.1. The largest absolute Gasteiger partial charge is 0.467 e. The highest BCUT2D eigenvalue weighted by molar-refractivity contribution is 5.74.